The highest BCUT2D eigenvalue weighted by atomic mass is 35.5. The molecule has 2 amide bonds. The van der Waals surface area contributed by atoms with E-state index in [2.05, 4.69) is 18.5 Å². The first-order chi connectivity index (χ1) is 8.60. The first-order valence-electron chi connectivity index (χ1n) is 5.63. The van der Waals surface area contributed by atoms with Crippen LogP contribution in [0.3, 0.4) is 0 Å². The van der Waals surface area contributed by atoms with Crippen LogP contribution in [0.25, 0.3) is 0 Å². The monoisotopic (exact) mass is 264 g/mol. The summed E-state index contributed by atoms with van der Waals surface area (Å²) in [5.74, 6) is 0. The van der Waals surface area contributed by atoms with Crippen LogP contribution in [0.1, 0.15) is 5.56 Å². The highest BCUT2D eigenvalue weighted by molar-refractivity contribution is 6.31. The minimum Gasteiger partial charge on any atom is -0.317 e. The van der Waals surface area contributed by atoms with Gasteiger partial charge in [0, 0.05) is 23.8 Å². The number of urea groups is 1. The Bertz CT molecular complexity index is 447. The fourth-order valence-electron chi connectivity index (χ4n) is 1.49. The highest BCUT2D eigenvalue weighted by Crippen LogP contribution is 2.23. The van der Waals surface area contributed by atoms with Gasteiger partial charge in [-0.1, -0.05) is 29.8 Å². The SMILES string of the molecule is C=CCN(CC=C)C(=O)Nc1cccc(Cl)c1C. The van der Waals surface area contributed by atoms with Crippen LogP contribution >= 0.6 is 11.6 Å². The number of rotatable bonds is 5. The summed E-state index contributed by atoms with van der Waals surface area (Å²) in [7, 11) is 0. The molecule has 4 heteroatoms. The third-order valence-corrected chi connectivity index (χ3v) is 2.90. The lowest BCUT2D eigenvalue weighted by Gasteiger charge is -2.20. The number of carbonyl (C=O) groups is 1. The number of amides is 2. The highest BCUT2D eigenvalue weighted by Gasteiger charge is 2.12. The summed E-state index contributed by atoms with van der Waals surface area (Å²) < 4.78 is 0. The van der Waals surface area contributed by atoms with Gasteiger partial charge in [-0.15, -0.1) is 13.2 Å². The molecular formula is C14H17ClN2O. The van der Waals surface area contributed by atoms with Crippen molar-refractivity contribution < 1.29 is 4.79 Å². The van der Waals surface area contributed by atoms with Crippen molar-refractivity contribution in [3.05, 3.63) is 54.1 Å². The largest absolute Gasteiger partial charge is 0.322 e. The second-order valence-corrected chi connectivity index (χ2v) is 4.23. The van der Waals surface area contributed by atoms with E-state index in [1.165, 1.54) is 0 Å². The Morgan fingerprint density at radius 1 is 1.39 bits per heavy atom. The van der Waals surface area contributed by atoms with Crippen molar-refractivity contribution in [3.8, 4) is 0 Å². The Labute approximate surface area is 113 Å². The number of hydrogen-bond donors (Lipinski definition) is 1. The molecule has 1 N–H and O–H groups in total. The van der Waals surface area contributed by atoms with E-state index in [9.17, 15) is 4.79 Å². The maximum Gasteiger partial charge on any atom is 0.322 e. The van der Waals surface area contributed by atoms with Crippen molar-refractivity contribution in [1.29, 1.82) is 0 Å². The number of benzene rings is 1. The van der Waals surface area contributed by atoms with Gasteiger partial charge in [0.1, 0.15) is 0 Å². The predicted molar refractivity (Wildman–Crippen MR) is 77.2 cm³/mol. The maximum absolute atomic E-state index is 12.0. The normalized spacial score (nSPS) is 9.67. The van der Waals surface area contributed by atoms with Gasteiger partial charge in [-0.25, -0.2) is 4.79 Å². The first kappa shape index (κ1) is 14.3. The molecule has 1 rings (SSSR count). The van der Waals surface area contributed by atoms with E-state index >= 15 is 0 Å². The Hall–Kier alpha value is -1.74. The number of halogens is 1. The molecule has 0 saturated heterocycles. The van der Waals surface area contributed by atoms with Crippen LogP contribution in [-0.4, -0.2) is 24.0 Å². The molecular weight excluding hydrogens is 248 g/mol. The number of hydrogen-bond acceptors (Lipinski definition) is 1. The summed E-state index contributed by atoms with van der Waals surface area (Å²) in [6.45, 7) is 10.1. The molecule has 1 aromatic carbocycles. The van der Waals surface area contributed by atoms with E-state index in [0.29, 0.717) is 23.8 Å². The minimum absolute atomic E-state index is 0.194. The van der Waals surface area contributed by atoms with Crippen LogP contribution in [0.2, 0.25) is 5.02 Å². The zero-order valence-electron chi connectivity index (χ0n) is 10.4. The average Bonchev–Trinajstić information content (AvgIpc) is 2.34. The standard InChI is InChI=1S/C14H17ClN2O/c1-4-9-17(10-5-2)14(18)16-13-8-6-7-12(15)11(13)3/h4-8H,1-2,9-10H2,3H3,(H,16,18). The van der Waals surface area contributed by atoms with Gasteiger partial charge in [-0.05, 0) is 24.6 Å². The Kier molecular flexibility index (Phi) is 5.46. The summed E-state index contributed by atoms with van der Waals surface area (Å²) in [5, 5.41) is 3.46. The van der Waals surface area contributed by atoms with Gasteiger partial charge in [0.05, 0.1) is 0 Å². The van der Waals surface area contributed by atoms with Crippen molar-refractivity contribution >= 4 is 23.3 Å². The van der Waals surface area contributed by atoms with Gasteiger partial charge in [0.25, 0.3) is 0 Å². The van der Waals surface area contributed by atoms with Crippen LogP contribution in [0, 0.1) is 6.92 Å². The summed E-state index contributed by atoms with van der Waals surface area (Å²) >= 11 is 6.00. The van der Waals surface area contributed by atoms with E-state index in [0.717, 1.165) is 5.56 Å². The smallest absolute Gasteiger partial charge is 0.317 e. The average molecular weight is 265 g/mol. The van der Waals surface area contributed by atoms with Crippen molar-refractivity contribution in [2.75, 3.05) is 18.4 Å². The molecule has 0 aliphatic rings. The lowest BCUT2D eigenvalue weighted by atomic mass is 10.2. The fourth-order valence-corrected chi connectivity index (χ4v) is 1.66. The molecule has 1 aromatic rings. The molecule has 0 saturated carbocycles. The number of anilines is 1. The van der Waals surface area contributed by atoms with Gasteiger partial charge in [-0.2, -0.15) is 0 Å². The van der Waals surface area contributed by atoms with Crippen LogP contribution in [0.15, 0.2) is 43.5 Å². The van der Waals surface area contributed by atoms with Crippen LogP contribution in [-0.2, 0) is 0 Å². The van der Waals surface area contributed by atoms with Crippen molar-refractivity contribution in [2.24, 2.45) is 0 Å². The minimum atomic E-state index is -0.194. The number of carbonyl (C=O) groups excluding carboxylic acids is 1. The molecule has 0 bridgehead atoms. The molecule has 0 aromatic heterocycles. The van der Waals surface area contributed by atoms with E-state index in [-0.39, 0.29) is 6.03 Å². The Morgan fingerprint density at radius 3 is 2.56 bits per heavy atom. The summed E-state index contributed by atoms with van der Waals surface area (Å²) in [4.78, 5) is 13.6. The van der Waals surface area contributed by atoms with Gasteiger partial charge in [-0.3, -0.25) is 0 Å². The molecule has 18 heavy (non-hydrogen) atoms. The summed E-state index contributed by atoms with van der Waals surface area (Å²) in [5.41, 5.74) is 1.57. The number of nitrogens with zero attached hydrogens (tertiary/aromatic N) is 1. The molecule has 0 atom stereocenters. The quantitative estimate of drug-likeness (QED) is 0.805. The molecule has 0 radical (unpaired) electrons. The predicted octanol–water partition coefficient (Wildman–Crippen LogP) is 3.85. The second-order valence-electron chi connectivity index (χ2n) is 3.82. The van der Waals surface area contributed by atoms with Gasteiger partial charge in [0.2, 0.25) is 0 Å². The topological polar surface area (TPSA) is 32.3 Å². The third kappa shape index (κ3) is 3.64. The zero-order valence-corrected chi connectivity index (χ0v) is 11.2. The maximum atomic E-state index is 12.0. The Balaban J connectivity index is 2.81. The molecule has 0 spiro atoms. The van der Waals surface area contributed by atoms with Crippen molar-refractivity contribution in [1.82, 2.24) is 4.90 Å². The lowest BCUT2D eigenvalue weighted by Crippen LogP contribution is -2.35. The van der Waals surface area contributed by atoms with E-state index in [1.807, 2.05) is 13.0 Å². The fraction of sp³-hybridized carbons (Fsp3) is 0.214. The van der Waals surface area contributed by atoms with Crippen LogP contribution in [0.4, 0.5) is 10.5 Å². The van der Waals surface area contributed by atoms with Crippen LogP contribution < -0.4 is 5.32 Å². The zero-order chi connectivity index (χ0) is 13.5. The first-order valence-corrected chi connectivity index (χ1v) is 6.00. The van der Waals surface area contributed by atoms with Crippen molar-refractivity contribution in [2.45, 2.75) is 6.92 Å². The van der Waals surface area contributed by atoms with Crippen LogP contribution in [0.5, 0.6) is 0 Å². The number of nitrogens with one attached hydrogen (secondary N) is 1. The van der Waals surface area contributed by atoms with Crippen molar-refractivity contribution in [3.63, 3.8) is 0 Å². The Morgan fingerprint density at radius 2 is 2.00 bits per heavy atom. The summed E-state index contributed by atoms with van der Waals surface area (Å²) in [6, 6.07) is 5.22. The molecule has 0 unspecified atom stereocenters. The lowest BCUT2D eigenvalue weighted by molar-refractivity contribution is 0.222. The van der Waals surface area contributed by atoms with Gasteiger partial charge < -0.3 is 10.2 Å². The van der Waals surface area contributed by atoms with E-state index < -0.39 is 0 Å². The van der Waals surface area contributed by atoms with E-state index in [1.54, 1.807) is 29.2 Å². The third-order valence-electron chi connectivity index (χ3n) is 2.50. The molecule has 0 fully saturated rings. The molecule has 3 nitrogen and oxygen atoms in total. The van der Waals surface area contributed by atoms with E-state index in [4.69, 9.17) is 11.6 Å². The summed E-state index contributed by atoms with van der Waals surface area (Å²) in [6.07, 6.45) is 3.35. The second kappa shape index (κ2) is 6.87. The molecule has 0 aliphatic carbocycles. The molecule has 0 aliphatic heterocycles. The molecule has 0 heterocycles. The van der Waals surface area contributed by atoms with Gasteiger partial charge >= 0.3 is 6.03 Å². The molecule has 96 valence electrons. The van der Waals surface area contributed by atoms with Gasteiger partial charge in [0.15, 0.2) is 0 Å².